The number of aromatic nitrogens is 5. The summed E-state index contributed by atoms with van der Waals surface area (Å²) in [7, 11) is 1.64. The van der Waals surface area contributed by atoms with Crippen LogP contribution in [0.5, 0.6) is 17.2 Å². The zero-order valence-corrected chi connectivity index (χ0v) is 21.7. The summed E-state index contributed by atoms with van der Waals surface area (Å²) in [6, 6.07) is 17.1. The number of methoxy groups -OCH3 is 1. The Balaban J connectivity index is 1.37. The first-order valence-corrected chi connectivity index (χ1v) is 12.7. The van der Waals surface area contributed by atoms with Crippen LogP contribution < -0.4 is 19.8 Å². The van der Waals surface area contributed by atoms with E-state index in [-0.39, 0.29) is 18.4 Å². The van der Waals surface area contributed by atoms with Crippen LogP contribution in [0.1, 0.15) is 42.1 Å². The Kier molecular flexibility index (Phi) is 6.72. The summed E-state index contributed by atoms with van der Waals surface area (Å²) in [6.45, 7) is 3.60. The molecule has 200 valence electrons. The number of rotatable bonds is 10. The zero-order valence-electron chi connectivity index (χ0n) is 21.7. The maximum absolute atomic E-state index is 13.3. The molecule has 5 aromatic rings. The second-order valence-electron chi connectivity index (χ2n) is 9.37. The summed E-state index contributed by atoms with van der Waals surface area (Å²) < 4.78 is 23.6. The van der Waals surface area contributed by atoms with E-state index in [1.54, 1.807) is 24.1 Å². The fourth-order valence-electron chi connectivity index (χ4n) is 4.94. The van der Waals surface area contributed by atoms with Crippen molar-refractivity contribution in [3.63, 3.8) is 0 Å². The SMILES string of the molecule is CC[C@@H](c1nnnn1Cc1ccco1)N(Cc1ccc(OC)cc1)Cc1cc2cc3c(cc2[nH]c1=O)OCO3. The van der Waals surface area contributed by atoms with Crippen LogP contribution in [0.25, 0.3) is 10.9 Å². The predicted octanol–water partition coefficient (Wildman–Crippen LogP) is 4.05. The van der Waals surface area contributed by atoms with Crippen molar-refractivity contribution in [1.82, 2.24) is 30.1 Å². The van der Waals surface area contributed by atoms with E-state index in [1.165, 1.54) is 0 Å². The quantitative estimate of drug-likeness (QED) is 0.286. The van der Waals surface area contributed by atoms with E-state index in [0.29, 0.717) is 48.0 Å². The van der Waals surface area contributed by atoms with Crippen LogP contribution in [0.3, 0.4) is 0 Å². The van der Waals surface area contributed by atoms with Gasteiger partial charge in [0, 0.05) is 30.1 Å². The normalized spacial score (nSPS) is 13.3. The number of ether oxygens (including phenoxy) is 3. The molecule has 39 heavy (non-hydrogen) atoms. The average Bonchev–Trinajstić information content (AvgIpc) is 3.72. The number of furan rings is 1. The second-order valence-corrected chi connectivity index (χ2v) is 9.37. The van der Waals surface area contributed by atoms with Gasteiger partial charge < -0.3 is 23.6 Å². The first kappa shape index (κ1) is 24.7. The van der Waals surface area contributed by atoms with Gasteiger partial charge >= 0.3 is 0 Å². The van der Waals surface area contributed by atoms with Crippen molar-refractivity contribution in [3.05, 3.63) is 93.9 Å². The maximum atomic E-state index is 13.3. The summed E-state index contributed by atoms with van der Waals surface area (Å²) in [4.78, 5) is 18.5. The fraction of sp³-hybridized carbons (Fsp3) is 0.286. The lowest BCUT2D eigenvalue weighted by molar-refractivity contribution is 0.161. The number of hydrogen-bond acceptors (Lipinski definition) is 9. The number of benzene rings is 2. The van der Waals surface area contributed by atoms with Crippen molar-refractivity contribution in [1.29, 1.82) is 0 Å². The van der Waals surface area contributed by atoms with Gasteiger partial charge in [0.2, 0.25) is 6.79 Å². The minimum Gasteiger partial charge on any atom is -0.497 e. The van der Waals surface area contributed by atoms with Crippen LogP contribution in [0.15, 0.2) is 70.1 Å². The van der Waals surface area contributed by atoms with Gasteiger partial charge in [0.15, 0.2) is 17.3 Å². The Morgan fingerprint density at radius 2 is 1.92 bits per heavy atom. The van der Waals surface area contributed by atoms with Crippen LogP contribution >= 0.6 is 0 Å². The van der Waals surface area contributed by atoms with Gasteiger partial charge in [-0.05, 0) is 58.8 Å². The summed E-state index contributed by atoms with van der Waals surface area (Å²) in [5.74, 6) is 3.53. The van der Waals surface area contributed by atoms with E-state index in [1.807, 2.05) is 48.5 Å². The molecule has 1 atom stereocenters. The van der Waals surface area contributed by atoms with E-state index < -0.39 is 0 Å². The van der Waals surface area contributed by atoms with Crippen molar-refractivity contribution in [2.75, 3.05) is 13.9 Å². The van der Waals surface area contributed by atoms with E-state index in [2.05, 4.69) is 32.3 Å². The maximum Gasteiger partial charge on any atom is 0.252 e. The Hall–Kier alpha value is -4.64. The van der Waals surface area contributed by atoms with Crippen molar-refractivity contribution < 1.29 is 18.6 Å². The van der Waals surface area contributed by atoms with Crippen LogP contribution in [0.4, 0.5) is 0 Å². The molecule has 11 heteroatoms. The molecule has 1 aliphatic rings. The van der Waals surface area contributed by atoms with Crippen LogP contribution in [-0.2, 0) is 19.6 Å². The van der Waals surface area contributed by atoms with Gasteiger partial charge in [-0.1, -0.05) is 19.1 Å². The minimum absolute atomic E-state index is 0.161. The summed E-state index contributed by atoms with van der Waals surface area (Å²) in [6.07, 6.45) is 2.35. The molecule has 0 aliphatic carbocycles. The fourth-order valence-corrected chi connectivity index (χ4v) is 4.94. The highest BCUT2D eigenvalue weighted by atomic mass is 16.7. The molecule has 0 radical (unpaired) electrons. The molecule has 4 heterocycles. The van der Waals surface area contributed by atoms with Gasteiger partial charge in [-0.2, -0.15) is 0 Å². The Morgan fingerprint density at radius 3 is 2.67 bits per heavy atom. The monoisotopic (exact) mass is 528 g/mol. The molecular weight excluding hydrogens is 500 g/mol. The molecule has 0 saturated carbocycles. The largest absolute Gasteiger partial charge is 0.497 e. The zero-order chi connectivity index (χ0) is 26.8. The summed E-state index contributed by atoms with van der Waals surface area (Å²) in [5.41, 5.74) is 2.23. The topological polar surface area (TPSA) is 121 Å². The van der Waals surface area contributed by atoms with E-state index in [0.717, 1.165) is 28.9 Å². The molecule has 11 nitrogen and oxygen atoms in total. The third kappa shape index (κ3) is 5.08. The number of tetrazole rings is 1. The molecular formula is C28H28N6O5. The van der Waals surface area contributed by atoms with Gasteiger partial charge in [-0.25, -0.2) is 4.68 Å². The highest BCUT2D eigenvalue weighted by Gasteiger charge is 2.27. The van der Waals surface area contributed by atoms with E-state index >= 15 is 0 Å². The second kappa shape index (κ2) is 10.6. The average molecular weight is 529 g/mol. The Bertz CT molecular complexity index is 1630. The molecule has 1 N–H and O–H groups in total. The van der Waals surface area contributed by atoms with Crippen LogP contribution in [-0.4, -0.2) is 44.0 Å². The Labute approximate surface area is 223 Å². The lowest BCUT2D eigenvalue weighted by Crippen LogP contribution is -2.32. The molecule has 3 aromatic heterocycles. The molecule has 0 bridgehead atoms. The lowest BCUT2D eigenvalue weighted by atomic mass is 10.1. The molecule has 0 amide bonds. The third-order valence-electron chi connectivity index (χ3n) is 6.90. The first-order valence-electron chi connectivity index (χ1n) is 12.7. The Morgan fingerprint density at radius 1 is 1.10 bits per heavy atom. The minimum atomic E-state index is -0.177. The third-order valence-corrected chi connectivity index (χ3v) is 6.90. The molecule has 0 fully saturated rings. The van der Waals surface area contributed by atoms with Crippen molar-refractivity contribution in [2.24, 2.45) is 0 Å². The molecule has 1 aliphatic heterocycles. The van der Waals surface area contributed by atoms with Crippen LogP contribution in [0.2, 0.25) is 0 Å². The number of nitrogens with one attached hydrogen (secondary N) is 1. The number of aromatic amines is 1. The van der Waals surface area contributed by atoms with E-state index in [4.69, 9.17) is 18.6 Å². The van der Waals surface area contributed by atoms with Crippen molar-refractivity contribution >= 4 is 10.9 Å². The molecule has 2 aromatic carbocycles. The smallest absolute Gasteiger partial charge is 0.252 e. The van der Waals surface area contributed by atoms with Gasteiger partial charge in [0.05, 0.1) is 24.9 Å². The van der Waals surface area contributed by atoms with Gasteiger partial charge in [0.25, 0.3) is 5.56 Å². The number of H-pyrrole nitrogens is 1. The van der Waals surface area contributed by atoms with Gasteiger partial charge in [-0.3, -0.25) is 9.69 Å². The summed E-state index contributed by atoms with van der Waals surface area (Å²) >= 11 is 0. The first-order chi connectivity index (χ1) is 19.1. The number of nitrogens with zero attached hydrogens (tertiary/aromatic N) is 5. The number of fused-ring (bicyclic) bond motifs is 2. The van der Waals surface area contributed by atoms with Crippen molar-refractivity contribution in [3.8, 4) is 17.2 Å². The molecule has 0 spiro atoms. The lowest BCUT2D eigenvalue weighted by Gasteiger charge is -2.30. The molecule has 6 rings (SSSR count). The van der Waals surface area contributed by atoms with Crippen LogP contribution in [0, 0.1) is 0 Å². The van der Waals surface area contributed by atoms with Gasteiger partial charge in [-0.15, -0.1) is 5.10 Å². The van der Waals surface area contributed by atoms with Crippen molar-refractivity contribution in [2.45, 2.75) is 39.0 Å². The molecule has 0 unspecified atom stereocenters. The van der Waals surface area contributed by atoms with E-state index in [9.17, 15) is 4.79 Å². The highest BCUT2D eigenvalue weighted by Crippen LogP contribution is 2.35. The van der Waals surface area contributed by atoms with Gasteiger partial charge in [0.1, 0.15) is 18.1 Å². The number of pyridine rings is 1. The highest BCUT2D eigenvalue weighted by molar-refractivity contribution is 5.83. The molecule has 0 saturated heterocycles. The standard InChI is InChI=1S/C28H28N6O5/c1-3-24(27-30-31-32-34(27)16-22-5-4-10-37-22)33(14-18-6-8-21(36-2)9-7-18)15-20-11-19-12-25-26(39-17-38-25)13-23(19)29-28(20)35/h4-13,24H,3,14-17H2,1-2H3,(H,29,35)/t24-/m0/s1. The number of hydrogen-bond donors (Lipinski definition) is 1. The summed E-state index contributed by atoms with van der Waals surface area (Å²) in [5, 5.41) is 13.5. The predicted molar refractivity (Wildman–Crippen MR) is 142 cm³/mol.